The van der Waals surface area contributed by atoms with Crippen molar-refractivity contribution in [2.75, 3.05) is 24.7 Å². The zero-order chi connectivity index (χ0) is 14.4. The third-order valence-electron chi connectivity index (χ3n) is 2.77. The number of hydrogen-bond donors (Lipinski definition) is 2. The van der Waals surface area contributed by atoms with Gasteiger partial charge in [-0.2, -0.15) is 21.8 Å². The number of aryl methyl sites for hydroxylation is 1. The Bertz CT molecular complexity index is 586. The van der Waals surface area contributed by atoms with Crippen LogP contribution in [-0.2, 0) is 0 Å². The molecule has 0 aromatic carbocycles. The third-order valence-corrected chi connectivity index (χ3v) is 3.84. The van der Waals surface area contributed by atoms with Crippen molar-refractivity contribution in [2.45, 2.75) is 13.3 Å². The van der Waals surface area contributed by atoms with Crippen molar-refractivity contribution >= 4 is 23.4 Å². The number of carbonyl (C=O) groups is 1. The minimum atomic E-state index is -0.157. The molecule has 2 rings (SSSR count). The lowest BCUT2D eigenvalue weighted by atomic mass is 10.2. The van der Waals surface area contributed by atoms with Gasteiger partial charge in [0.05, 0.1) is 11.3 Å². The third kappa shape index (κ3) is 3.45. The number of nitrogens with one attached hydrogen (secondary N) is 1. The lowest BCUT2D eigenvalue weighted by molar-refractivity contribution is 0.0954. The second kappa shape index (κ2) is 7.20. The second-order valence-electron chi connectivity index (χ2n) is 4.17. The van der Waals surface area contributed by atoms with Gasteiger partial charge in [0.1, 0.15) is 6.33 Å². The molecule has 0 atom stereocenters. The summed E-state index contributed by atoms with van der Waals surface area (Å²) in [5, 5.41) is 15.5. The van der Waals surface area contributed by atoms with E-state index in [2.05, 4.69) is 20.4 Å². The first kappa shape index (κ1) is 14.7. The summed E-state index contributed by atoms with van der Waals surface area (Å²) in [5.74, 6) is 2.05. The van der Waals surface area contributed by atoms with E-state index in [0.717, 1.165) is 23.6 Å². The van der Waals surface area contributed by atoms with Gasteiger partial charge in [-0.05, 0) is 19.1 Å². The number of aromatic nitrogens is 4. The number of aliphatic hydroxyl groups is 1. The predicted octanol–water partition coefficient (Wildman–Crippen LogP) is 0.278. The van der Waals surface area contributed by atoms with Gasteiger partial charge in [0, 0.05) is 25.1 Å². The van der Waals surface area contributed by atoms with E-state index in [-0.39, 0.29) is 12.5 Å². The van der Waals surface area contributed by atoms with Crippen molar-refractivity contribution in [2.24, 2.45) is 0 Å². The number of rotatable bonds is 7. The molecule has 0 aliphatic carbocycles. The van der Waals surface area contributed by atoms with Crippen LogP contribution in [0, 0.1) is 6.92 Å². The van der Waals surface area contributed by atoms with Crippen LogP contribution in [-0.4, -0.2) is 55.3 Å². The lowest BCUT2D eigenvalue weighted by Crippen LogP contribution is -2.27. The minimum absolute atomic E-state index is 0.157. The van der Waals surface area contributed by atoms with Crippen LogP contribution >= 0.6 is 11.8 Å². The number of amides is 1. The van der Waals surface area contributed by atoms with E-state index < -0.39 is 0 Å². The summed E-state index contributed by atoms with van der Waals surface area (Å²) in [6.07, 6.45) is 3.72. The number of hydrogen-bond acceptors (Lipinski definition) is 6. The first-order valence-electron chi connectivity index (χ1n) is 6.36. The highest BCUT2D eigenvalue weighted by atomic mass is 32.2. The highest BCUT2D eigenvalue weighted by Gasteiger charge is 2.12. The summed E-state index contributed by atoms with van der Waals surface area (Å²) < 4.78 is 1.55. The van der Waals surface area contributed by atoms with Crippen LogP contribution in [0.15, 0.2) is 12.5 Å². The van der Waals surface area contributed by atoms with Gasteiger partial charge in [-0.15, -0.1) is 0 Å². The molecule has 0 saturated heterocycles. The Balaban J connectivity index is 1.89. The Hall–Kier alpha value is -1.67. The van der Waals surface area contributed by atoms with Crippen molar-refractivity contribution in [3.8, 4) is 0 Å². The average Bonchev–Trinajstić information content (AvgIpc) is 2.92. The van der Waals surface area contributed by atoms with E-state index in [1.54, 1.807) is 16.3 Å². The molecule has 0 fully saturated rings. The molecule has 1 amide bonds. The number of fused-ring (bicyclic) bond motifs is 1. The summed E-state index contributed by atoms with van der Waals surface area (Å²) in [5.41, 5.74) is 1.22. The van der Waals surface area contributed by atoms with Crippen LogP contribution in [0.5, 0.6) is 0 Å². The highest BCUT2D eigenvalue weighted by molar-refractivity contribution is 7.99. The van der Waals surface area contributed by atoms with Gasteiger partial charge in [-0.1, -0.05) is 0 Å². The maximum atomic E-state index is 12.1. The van der Waals surface area contributed by atoms with Gasteiger partial charge >= 0.3 is 0 Å². The van der Waals surface area contributed by atoms with Crippen LogP contribution < -0.4 is 5.32 Å². The zero-order valence-electron chi connectivity index (χ0n) is 11.2. The molecule has 0 unspecified atom stereocenters. The molecule has 8 heteroatoms. The molecule has 0 aliphatic heterocycles. The van der Waals surface area contributed by atoms with Crippen LogP contribution in [0.25, 0.3) is 5.78 Å². The van der Waals surface area contributed by atoms with Crippen LogP contribution in [0.4, 0.5) is 0 Å². The monoisotopic (exact) mass is 295 g/mol. The summed E-state index contributed by atoms with van der Waals surface area (Å²) >= 11 is 1.71. The molecule has 0 aliphatic rings. The Kier molecular flexibility index (Phi) is 5.31. The lowest BCUT2D eigenvalue weighted by Gasteiger charge is -2.07. The molecule has 7 nitrogen and oxygen atoms in total. The SMILES string of the molecule is Cc1c(C(=O)NCCSCCCO)cnc2ncnn12. The Labute approximate surface area is 120 Å². The predicted molar refractivity (Wildman–Crippen MR) is 76.9 cm³/mol. The van der Waals surface area contributed by atoms with Crippen molar-refractivity contribution in [3.05, 3.63) is 23.8 Å². The van der Waals surface area contributed by atoms with E-state index in [1.807, 2.05) is 6.92 Å². The molecule has 0 spiro atoms. The number of carbonyl (C=O) groups excluding carboxylic acids is 1. The minimum Gasteiger partial charge on any atom is -0.396 e. The summed E-state index contributed by atoms with van der Waals surface area (Å²) in [6, 6.07) is 0. The fourth-order valence-electron chi connectivity index (χ4n) is 1.71. The van der Waals surface area contributed by atoms with Gasteiger partial charge in [0.2, 0.25) is 0 Å². The highest BCUT2D eigenvalue weighted by Crippen LogP contribution is 2.07. The molecule has 0 radical (unpaired) electrons. The first-order valence-corrected chi connectivity index (χ1v) is 7.51. The quantitative estimate of drug-likeness (QED) is 0.713. The number of nitrogens with zero attached hydrogens (tertiary/aromatic N) is 4. The molecule has 20 heavy (non-hydrogen) atoms. The summed E-state index contributed by atoms with van der Waals surface area (Å²) in [6.45, 7) is 2.61. The van der Waals surface area contributed by atoms with Crippen LogP contribution in [0.1, 0.15) is 22.5 Å². The van der Waals surface area contributed by atoms with E-state index in [4.69, 9.17) is 5.11 Å². The fourth-order valence-corrected chi connectivity index (χ4v) is 2.50. The van der Waals surface area contributed by atoms with Crippen molar-refractivity contribution in [1.29, 1.82) is 0 Å². The molecule has 2 heterocycles. The standard InChI is InChI=1S/C12H17N5O2S/c1-9-10(7-14-12-15-8-16-17(9)12)11(19)13-3-6-20-5-2-4-18/h7-8,18H,2-6H2,1H3,(H,13,19). The second-order valence-corrected chi connectivity index (χ2v) is 5.40. The summed E-state index contributed by atoms with van der Waals surface area (Å²) in [7, 11) is 0. The topological polar surface area (TPSA) is 92.4 Å². The van der Waals surface area contributed by atoms with Gasteiger partial charge in [-0.3, -0.25) is 4.79 Å². The smallest absolute Gasteiger partial charge is 0.254 e. The average molecular weight is 295 g/mol. The molecular weight excluding hydrogens is 278 g/mol. The fraction of sp³-hybridized carbons (Fsp3) is 0.500. The zero-order valence-corrected chi connectivity index (χ0v) is 12.1. The molecule has 108 valence electrons. The van der Waals surface area contributed by atoms with E-state index in [9.17, 15) is 4.79 Å². The maximum Gasteiger partial charge on any atom is 0.254 e. The number of aliphatic hydroxyl groups excluding tert-OH is 1. The normalized spacial score (nSPS) is 10.9. The number of thioether (sulfide) groups is 1. The molecule has 2 aromatic heterocycles. The first-order chi connectivity index (χ1) is 9.74. The maximum absolute atomic E-state index is 12.1. The Morgan fingerprint density at radius 3 is 3.10 bits per heavy atom. The largest absolute Gasteiger partial charge is 0.396 e. The Morgan fingerprint density at radius 2 is 2.30 bits per heavy atom. The van der Waals surface area contributed by atoms with Gasteiger partial charge in [0.15, 0.2) is 0 Å². The van der Waals surface area contributed by atoms with Gasteiger partial charge in [0.25, 0.3) is 11.7 Å². The van der Waals surface area contributed by atoms with Gasteiger partial charge in [-0.25, -0.2) is 9.50 Å². The Morgan fingerprint density at radius 1 is 1.45 bits per heavy atom. The van der Waals surface area contributed by atoms with E-state index in [1.165, 1.54) is 12.5 Å². The molecule has 0 saturated carbocycles. The summed E-state index contributed by atoms with van der Waals surface area (Å²) in [4.78, 5) is 20.1. The van der Waals surface area contributed by atoms with Crippen molar-refractivity contribution < 1.29 is 9.90 Å². The van der Waals surface area contributed by atoms with E-state index >= 15 is 0 Å². The van der Waals surface area contributed by atoms with Gasteiger partial charge < -0.3 is 10.4 Å². The van der Waals surface area contributed by atoms with Crippen molar-refractivity contribution in [1.82, 2.24) is 24.9 Å². The molecule has 0 bridgehead atoms. The van der Waals surface area contributed by atoms with E-state index in [0.29, 0.717) is 17.9 Å². The van der Waals surface area contributed by atoms with Crippen LogP contribution in [0.3, 0.4) is 0 Å². The molecule has 2 aromatic rings. The molecule has 2 N–H and O–H groups in total. The van der Waals surface area contributed by atoms with Crippen molar-refractivity contribution in [3.63, 3.8) is 0 Å². The molecular formula is C12H17N5O2S. The van der Waals surface area contributed by atoms with Crippen LogP contribution in [0.2, 0.25) is 0 Å².